The van der Waals surface area contributed by atoms with E-state index in [-0.39, 0.29) is 11.8 Å². The molecule has 0 unspecified atom stereocenters. The lowest BCUT2D eigenvalue weighted by molar-refractivity contribution is -0.134. The minimum atomic E-state index is 0.0396. The van der Waals surface area contributed by atoms with Crippen LogP contribution in [0.3, 0.4) is 0 Å². The molecule has 2 aromatic heterocycles. The number of nitrogens with zero attached hydrogens (tertiary/aromatic N) is 6. The van der Waals surface area contributed by atoms with Crippen molar-refractivity contribution >= 4 is 28.4 Å². The van der Waals surface area contributed by atoms with Crippen molar-refractivity contribution in [3.8, 4) is 0 Å². The predicted molar refractivity (Wildman–Crippen MR) is 118 cm³/mol. The van der Waals surface area contributed by atoms with Crippen LogP contribution in [0.15, 0.2) is 24.3 Å². The van der Waals surface area contributed by atoms with E-state index >= 15 is 0 Å². The summed E-state index contributed by atoms with van der Waals surface area (Å²) in [5.41, 5.74) is 1.85. The number of anilines is 1. The van der Waals surface area contributed by atoms with E-state index in [1.165, 1.54) is 32.1 Å². The largest absolute Gasteiger partial charge is 0.339 e. The van der Waals surface area contributed by atoms with Gasteiger partial charge in [-0.1, -0.05) is 45.2 Å². The molecule has 30 heavy (non-hydrogen) atoms. The Morgan fingerprint density at radius 3 is 2.47 bits per heavy atom. The second-order valence-corrected chi connectivity index (χ2v) is 8.95. The molecule has 0 spiro atoms. The van der Waals surface area contributed by atoms with Gasteiger partial charge in [0.15, 0.2) is 5.65 Å². The van der Waals surface area contributed by atoms with Crippen LogP contribution >= 0.6 is 0 Å². The Kier molecular flexibility index (Phi) is 5.05. The molecule has 0 N–H and O–H groups in total. The number of piperazine rings is 1. The van der Waals surface area contributed by atoms with Crippen molar-refractivity contribution in [3.05, 3.63) is 30.1 Å². The number of rotatable bonds is 3. The van der Waals surface area contributed by atoms with Crippen molar-refractivity contribution in [1.29, 1.82) is 0 Å². The van der Waals surface area contributed by atoms with Gasteiger partial charge >= 0.3 is 0 Å². The van der Waals surface area contributed by atoms with Gasteiger partial charge in [-0.05, 0) is 25.0 Å². The van der Waals surface area contributed by atoms with Gasteiger partial charge in [0.2, 0.25) is 11.9 Å². The third-order valence-electron chi connectivity index (χ3n) is 6.59. The SMILES string of the molecule is CC(C)C(=O)N1CCN(c2nc3ccccc3c3nnc(C4CCCCC4)n23)CC1. The first-order chi connectivity index (χ1) is 14.6. The molecule has 0 atom stereocenters. The third-order valence-corrected chi connectivity index (χ3v) is 6.59. The number of hydrogen-bond donors (Lipinski definition) is 0. The van der Waals surface area contributed by atoms with Crippen LogP contribution in [0.2, 0.25) is 0 Å². The number of carbonyl (C=O) groups is 1. The van der Waals surface area contributed by atoms with Crippen molar-refractivity contribution in [1.82, 2.24) is 24.5 Å². The molecule has 3 aromatic rings. The van der Waals surface area contributed by atoms with Gasteiger partial charge in [-0.15, -0.1) is 10.2 Å². The highest BCUT2D eigenvalue weighted by Crippen LogP contribution is 2.34. The molecule has 5 rings (SSSR count). The Balaban J connectivity index is 1.56. The van der Waals surface area contributed by atoms with E-state index in [4.69, 9.17) is 4.98 Å². The van der Waals surface area contributed by atoms with Crippen LogP contribution in [0.25, 0.3) is 16.6 Å². The number of hydrogen-bond acceptors (Lipinski definition) is 5. The zero-order valence-corrected chi connectivity index (χ0v) is 17.9. The van der Waals surface area contributed by atoms with Gasteiger partial charge in [-0.3, -0.25) is 4.79 Å². The van der Waals surface area contributed by atoms with Crippen LogP contribution in [0.4, 0.5) is 5.95 Å². The second kappa shape index (κ2) is 7.85. The molecule has 1 saturated heterocycles. The first-order valence-electron chi connectivity index (χ1n) is 11.3. The lowest BCUT2D eigenvalue weighted by Crippen LogP contribution is -2.50. The maximum Gasteiger partial charge on any atom is 0.225 e. The molecule has 2 fully saturated rings. The summed E-state index contributed by atoms with van der Waals surface area (Å²) >= 11 is 0. The van der Waals surface area contributed by atoms with Crippen molar-refractivity contribution in [2.24, 2.45) is 5.92 Å². The van der Waals surface area contributed by atoms with Crippen LogP contribution in [0, 0.1) is 5.92 Å². The normalized spacial score (nSPS) is 18.6. The molecule has 2 aliphatic rings. The minimum Gasteiger partial charge on any atom is -0.339 e. The van der Waals surface area contributed by atoms with E-state index in [1.54, 1.807) is 0 Å². The van der Waals surface area contributed by atoms with Crippen LogP contribution in [-0.2, 0) is 4.79 Å². The number of fused-ring (bicyclic) bond motifs is 3. The summed E-state index contributed by atoms with van der Waals surface area (Å²) in [6.45, 7) is 6.96. The Morgan fingerprint density at radius 2 is 1.73 bits per heavy atom. The molecule has 7 heteroatoms. The first kappa shape index (κ1) is 19.3. The number of amides is 1. The van der Waals surface area contributed by atoms with Gasteiger partial charge < -0.3 is 9.80 Å². The minimum absolute atomic E-state index is 0.0396. The number of para-hydroxylation sites is 1. The third kappa shape index (κ3) is 3.30. The molecule has 7 nitrogen and oxygen atoms in total. The molecular weight excluding hydrogens is 376 g/mol. The Labute approximate surface area is 177 Å². The molecule has 0 radical (unpaired) electrons. The van der Waals surface area contributed by atoms with E-state index in [1.807, 2.05) is 36.9 Å². The average Bonchev–Trinajstić information content (AvgIpc) is 3.24. The summed E-state index contributed by atoms with van der Waals surface area (Å²) in [5.74, 6) is 2.69. The molecule has 1 saturated carbocycles. The van der Waals surface area contributed by atoms with Gasteiger partial charge in [-0.2, -0.15) is 0 Å². The molecule has 3 heterocycles. The van der Waals surface area contributed by atoms with E-state index in [2.05, 4.69) is 25.6 Å². The fourth-order valence-electron chi connectivity index (χ4n) is 4.92. The lowest BCUT2D eigenvalue weighted by atomic mass is 9.89. The van der Waals surface area contributed by atoms with E-state index in [0.29, 0.717) is 5.92 Å². The van der Waals surface area contributed by atoms with Crippen molar-refractivity contribution in [2.75, 3.05) is 31.1 Å². The summed E-state index contributed by atoms with van der Waals surface area (Å²) in [6, 6.07) is 8.19. The zero-order valence-electron chi connectivity index (χ0n) is 17.9. The highest BCUT2D eigenvalue weighted by Gasteiger charge is 2.28. The van der Waals surface area contributed by atoms with Gasteiger partial charge in [-0.25, -0.2) is 9.38 Å². The molecule has 158 valence electrons. The molecule has 1 amide bonds. The van der Waals surface area contributed by atoms with Crippen LogP contribution in [0.1, 0.15) is 57.7 Å². The number of aromatic nitrogens is 4. The van der Waals surface area contributed by atoms with E-state index in [0.717, 1.165) is 54.5 Å². The molecule has 1 aliphatic carbocycles. The highest BCUT2D eigenvalue weighted by molar-refractivity contribution is 5.92. The monoisotopic (exact) mass is 406 g/mol. The Bertz CT molecular complexity index is 1060. The van der Waals surface area contributed by atoms with Crippen LogP contribution in [0.5, 0.6) is 0 Å². The fraction of sp³-hybridized carbons (Fsp3) is 0.565. The van der Waals surface area contributed by atoms with Gasteiger partial charge in [0.1, 0.15) is 5.82 Å². The fourth-order valence-corrected chi connectivity index (χ4v) is 4.92. The van der Waals surface area contributed by atoms with Crippen LogP contribution in [-0.4, -0.2) is 56.6 Å². The summed E-state index contributed by atoms with van der Waals surface area (Å²) in [6.07, 6.45) is 6.17. The second-order valence-electron chi connectivity index (χ2n) is 8.95. The summed E-state index contributed by atoms with van der Waals surface area (Å²) < 4.78 is 2.21. The summed E-state index contributed by atoms with van der Waals surface area (Å²) in [5, 5.41) is 10.3. The van der Waals surface area contributed by atoms with E-state index in [9.17, 15) is 4.79 Å². The number of carbonyl (C=O) groups excluding carboxylic acids is 1. The highest BCUT2D eigenvalue weighted by atomic mass is 16.2. The zero-order chi connectivity index (χ0) is 20.7. The predicted octanol–water partition coefficient (Wildman–Crippen LogP) is 3.63. The topological polar surface area (TPSA) is 66.6 Å². The van der Waals surface area contributed by atoms with Crippen molar-refractivity contribution in [2.45, 2.75) is 51.9 Å². The Hall–Kier alpha value is -2.70. The molecule has 1 aliphatic heterocycles. The van der Waals surface area contributed by atoms with Gasteiger partial charge in [0, 0.05) is 43.4 Å². The molecular formula is C23H30N6O. The smallest absolute Gasteiger partial charge is 0.225 e. The average molecular weight is 407 g/mol. The quantitative estimate of drug-likeness (QED) is 0.664. The Morgan fingerprint density at radius 1 is 1.00 bits per heavy atom. The standard InChI is InChI=1S/C23H30N6O/c1-16(2)22(30)27-12-14-28(15-13-27)23-24-19-11-7-6-10-18(19)21-26-25-20(29(21)23)17-8-4-3-5-9-17/h6-7,10-11,16-17H,3-5,8-9,12-15H2,1-2H3. The summed E-state index contributed by atoms with van der Waals surface area (Å²) in [7, 11) is 0. The lowest BCUT2D eigenvalue weighted by Gasteiger charge is -2.36. The maximum absolute atomic E-state index is 12.4. The van der Waals surface area contributed by atoms with Crippen molar-refractivity contribution in [3.63, 3.8) is 0 Å². The molecule has 1 aromatic carbocycles. The molecule has 0 bridgehead atoms. The van der Waals surface area contributed by atoms with E-state index < -0.39 is 0 Å². The van der Waals surface area contributed by atoms with Crippen molar-refractivity contribution < 1.29 is 4.79 Å². The summed E-state index contributed by atoms with van der Waals surface area (Å²) in [4.78, 5) is 21.8. The first-order valence-corrected chi connectivity index (χ1v) is 11.3. The van der Waals surface area contributed by atoms with Crippen LogP contribution < -0.4 is 4.90 Å². The van der Waals surface area contributed by atoms with Gasteiger partial charge in [0.25, 0.3) is 0 Å². The van der Waals surface area contributed by atoms with Gasteiger partial charge in [0.05, 0.1) is 5.52 Å². The number of benzene rings is 1. The maximum atomic E-state index is 12.4.